The molecular weight excluding hydrogens is 352 g/mol. The van der Waals surface area contributed by atoms with Crippen LogP contribution in [0, 0.1) is 5.82 Å². The maximum atomic E-state index is 12.5. The van der Waals surface area contributed by atoms with E-state index in [1.807, 2.05) is 12.1 Å². The van der Waals surface area contributed by atoms with Crippen molar-refractivity contribution in [1.82, 2.24) is 4.98 Å². The van der Waals surface area contributed by atoms with Crippen molar-refractivity contribution in [2.75, 3.05) is 0 Å². The minimum atomic E-state index is -4.85. The highest BCUT2D eigenvalue weighted by molar-refractivity contribution is 5.33. The Morgan fingerprint density at radius 3 is 2.50 bits per heavy atom. The van der Waals surface area contributed by atoms with Crippen molar-refractivity contribution in [3.63, 3.8) is 0 Å². The average molecular weight is 370 g/mol. The third kappa shape index (κ3) is 4.24. The van der Waals surface area contributed by atoms with Crippen LogP contribution in [0.1, 0.15) is 37.4 Å². The maximum absolute atomic E-state index is 12.5. The van der Waals surface area contributed by atoms with Crippen molar-refractivity contribution >= 4 is 0 Å². The van der Waals surface area contributed by atoms with E-state index in [0.29, 0.717) is 0 Å². The van der Waals surface area contributed by atoms with Gasteiger partial charge in [-0.2, -0.15) is 0 Å². The van der Waals surface area contributed by atoms with Crippen LogP contribution in [0.25, 0.3) is 0 Å². The molecule has 1 spiro atoms. The number of para-hydroxylation sites is 1. The third-order valence-corrected chi connectivity index (χ3v) is 4.40. The van der Waals surface area contributed by atoms with Crippen LogP contribution in [-0.4, -0.2) is 16.9 Å². The molecule has 0 saturated heterocycles. The fraction of sp³-hybridized carbons (Fsp3) is 0.389. The number of halogens is 4. The fourth-order valence-corrected chi connectivity index (χ4v) is 3.07. The van der Waals surface area contributed by atoms with Gasteiger partial charge in [-0.25, -0.2) is 4.39 Å². The van der Waals surface area contributed by atoms with Crippen LogP contribution in [0.3, 0.4) is 0 Å². The minimum absolute atomic E-state index is 0.0510. The lowest BCUT2D eigenvalue weighted by molar-refractivity contribution is -0.275. The number of ether oxygens (including phenoxy) is 2. The van der Waals surface area contributed by atoms with Crippen molar-refractivity contribution in [2.24, 2.45) is 5.73 Å². The van der Waals surface area contributed by atoms with E-state index in [1.165, 1.54) is 18.6 Å². The van der Waals surface area contributed by atoms with Gasteiger partial charge in [-0.15, -0.1) is 13.2 Å². The number of fused-ring (bicyclic) bond motifs is 1. The summed E-state index contributed by atoms with van der Waals surface area (Å²) in [5.74, 6) is -0.953. The average Bonchev–Trinajstić information content (AvgIpc) is 2.55. The van der Waals surface area contributed by atoms with Crippen LogP contribution in [0.5, 0.6) is 11.5 Å². The molecule has 1 aromatic heterocycles. The van der Waals surface area contributed by atoms with E-state index in [1.54, 1.807) is 6.20 Å². The first kappa shape index (κ1) is 18.4. The molecule has 1 unspecified atom stereocenters. The molecule has 2 aliphatic rings. The van der Waals surface area contributed by atoms with Gasteiger partial charge in [0.15, 0.2) is 11.6 Å². The van der Waals surface area contributed by atoms with E-state index in [0.717, 1.165) is 42.8 Å². The molecule has 1 aromatic carbocycles. The number of aromatic nitrogens is 1. The van der Waals surface area contributed by atoms with Crippen LogP contribution in [0.15, 0.2) is 42.6 Å². The van der Waals surface area contributed by atoms with E-state index in [-0.39, 0.29) is 11.6 Å². The molecular formula is C18H18F4N2O2. The van der Waals surface area contributed by atoms with Crippen LogP contribution >= 0.6 is 0 Å². The normalized spacial score (nSPS) is 20.1. The van der Waals surface area contributed by atoms with Crippen molar-refractivity contribution in [2.45, 2.75) is 43.7 Å². The summed E-state index contributed by atoms with van der Waals surface area (Å²) < 4.78 is 56.4. The molecule has 1 saturated carbocycles. The molecule has 1 fully saturated rings. The number of benzene rings is 1. The zero-order valence-electron chi connectivity index (χ0n) is 13.8. The fourth-order valence-electron chi connectivity index (χ4n) is 3.07. The van der Waals surface area contributed by atoms with Crippen LogP contribution in [-0.2, 0) is 0 Å². The predicted molar refractivity (Wildman–Crippen MR) is 86.1 cm³/mol. The van der Waals surface area contributed by atoms with Crippen molar-refractivity contribution in [3.8, 4) is 11.5 Å². The molecule has 0 amide bonds. The number of alkyl halides is 3. The number of nitrogens with zero attached hydrogens (tertiary/aromatic N) is 1. The lowest BCUT2D eigenvalue weighted by atomic mass is 9.74. The Labute approximate surface area is 147 Å². The van der Waals surface area contributed by atoms with Gasteiger partial charge in [0.1, 0.15) is 11.4 Å². The van der Waals surface area contributed by atoms with Crippen molar-refractivity contribution in [1.29, 1.82) is 0 Å². The second-order valence-corrected chi connectivity index (χ2v) is 6.31. The molecule has 2 aromatic rings. The van der Waals surface area contributed by atoms with Gasteiger partial charge >= 0.3 is 6.36 Å². The van der Waals surface area contributed by atoms with E-state index in [2.05, 4.69) is 9.72 Å². The summed E-state index contributed by atoms with van der Waals surface area (Å²) >= 11 is 0. The molecule has 1 atom stereocenters. The Kier molecular flexibility index (Phi) is 5.04. The summed E-state index contributed by atoms with van der Waals surface area (Å²) in [4.78, 5) is 4.27. The van der Waals surface area contributed by atoms with Crippen LogP contribution in [0.4, 0.5) is 17.6 Å². The Morgan fingerprint density at radius 2 is 1.88 bits per heavy atom. The smallest absolute Gasteiger partial charge is 0.485 e. The summed E-state index contributed by atoms with van der Waals surface area (Å²) in [6, 6.07) is 8.26. The zero-order chi connectivity index (χ0) is 18.8. The Balaban J connectivity index is 0.000000153. The molecule has 140 valence electrons. The second kappa shape index (κ2) is 7.11. The quantitative estimate of drug-likeness (QED) is 0.751. The topological polar surface area (TPSA) is 57.4 Å². The standard InChI is InChI=1S/C11H14N2O.C7H4F4O/c12-8-7-11(4-2-5-11)14-9-3-1-6-13-10(8)9;8-5-3-1-2-4-6(5)12-7(9,10)11/h1,3,6,8H,2,4-5,7,12H2;1-4H. The molecule has 0 bridgehead atoms. The van der Waals surface area contributed by atoms with Gasteiger partial charge in [0.2, 0.25) is 0 Å². The van der Waals surface area contributed by atoms with Gasteiger partial charge in [0.25, 0.3) is 0 Å². The molecule has 8 heteroatoms. The lowest BCUT2D eigenvalue weighted by Gasteiger charge is -2.46. The van der Waals surface area contributed by atoms with E-state index in [9.17, 15) is 17.6 Å². The highest BCUT2D eigenvalue weighted by Crippen LogP contribution is 2.47. The lowest BCUT2D eigenvalue weighted by Crippen LogP contribution is -2.48. The largest absolute Gasteiger partial charge is 0.573 e. The van der Waals surface area contributed by atoms with E-state index < -0.39 is 17.9 Å². The molecule has 2 N–H and O–H groups in total. The van der Waals surface area contributed by atoms with Crippen LogP contribution < -0.4 is 15.2 Å². The van der Waals surface area contributed by atoms with Crippen molar-refractivity contribution < 1.29 is 27.0 Å². The summed E-state index contributed by atoms with van der Waals surface area (Å²) in [7, 11) is 0. The van der Waals surface area contributed by atoms with Gasteiger partial charge in [-0.1, -0.05) is 12.1 Å². The highest BCUT2D eigenvalue weighted by atomic mass is 19.4. The van der Waals surface area contributed by atoms with Gasteiger partial charge in [0, 0.05) is 12.6 Å². The van der Waals surface area contributed by atoms with Gasteiger partial charge in [0.05, 0.1) is 11.7 Å². The molecule has 4 rings (SSSR count). The number of rotatable bonds is 1. The van der Waals surface area contributed by atoms with Gasteiger partial charge in [-0.05, 0) is 43.5 Å². The highest BCUT2D eigenvalue weighted by Gasteiger charge is 2.45. The second-order valence-electron chi connectivity index (χ2n) is 6.31. The zero-order valence-corrected chi connectivity index (χ0v) is 13.8. The van der Waals surface area contributed by atoms with Crippen molar-refractivity contribution in [3.05, 3.63) is 54.1 Å². The SMILES string of the molecule is Fc1ccccc1OC(F)(F)F.NC1CC2(CCC2)Oc2cccnc21. The molecule has 26 heavy (non-hydrogen) atoms. The number of hydrogen-bond acceptors (Lipinski definition) is 4. The first-order chi connectivity index (χ1) is 12.3. The first-order valence-corrected chi connectivity index (χ1v) is 8.18. The molecule has 2 heterocycles. The van der Waals surface area contributed by atoms with Gasteiger partial charge < -0.3 is 15.2 Å². The summed E-state index contributed by atoms with van der Waals surface area (Å²) in [5.41, 5.74) is 7.06. The number of nitrogens with two attached hydrogens (primary N) is 1. The summed E-state index contributed by atoms with van der Waals surface area (Å²) in [6.07, 6.45) is 1.42. The molecule has 1 aliphatic heterocycles. The minimum Gasteiger partial charge on any atom is -0.485 e. The molecule has 1 aliphatic carbocycles. The summed E-state index contributed by atoms with van der Waals surface area (Å²) in [5, 5.41) is 0. The Hall–Kier alpha value is -2.35. The monoisotopic (exact) mass is 370 g/mol. The maximum Gasteiger partial charge on any atom is 0.573 e. The molecule has 0 radical (unpaired) electrons. The summed E-state index contributed by atoms with van der Waals surface area (Å²) in [6.45, 7) is 0. The number of pyridine rings is 1. The predicted octanol–water partition coefficient (Wildman–Crippen LogP) is 4.51. The van der Waals surface area contributed by atoms with Gasteiger partial charge in [-0.3, -0.25) is 4.98 Å². The number of hydrogen-bond donors (Lipinski definition) is 1. The molecule has 4 nitrogen and oxygen atoms in total. The van der Waals surface area contributed by atoms with E-state index in [4.69, 9.17) is 10.5 Å². The van der Waals surface area contributed by atoms with Crippen LogP contribution in [0.2, 0.25) is 0 Å². The Bertz CT molecular complexity index is 763. The third-order valence-electron chi connectivity index (χ3n) is 4.40. The Morgan fingerprint density at radius 1 is 1.15 bits per heavy atom. The first-order valence-electron chi connectivity index (χ1n) is 8.18. The van der Waals surface area contributed by atoms with E-state index >= 15 is 0 Å².